The second-order valence-corrected chi connectivity index (χ2v) is 9.00. The van der Waals surface area contributed by atoms with Crippen molar-refractivity contribution in [3.8, 4) is 22.6 Å². The molecule has 1 unspecified atom stereocenters. The van der Waals surface area contributed by atoms with Gasteiger partial charge in [-0.2, -0.15) is 0 Å². The summed E-state index contributed by atoms with van der Waals surface area (Å²) in [7, 11) is 1.66. The molecule has 0 bridgehead atoms. The zero-order chi connectivity index (χ0) is 26.9. The number of nitrogens with two attached hydrogens (primary N) is 1. The molecular formula is C27H31FN4O3S2. The highest BCUT2D eigenvalue weighted by Crippen LogP contribution is 2.31. The van der Waals surface area contributed by atoms with E-state index in [2.05, 4.69) is 35.6 Å². The number of fused-ring (bicyclic) bond motifs is 1. The minimum absolute atomic E-state index is 0.0620. The molecule has 2 aromatic carbocycles. The quantitative estimate of drug-likeness (QED) is 0.132. The van der Waals surface area contributed by atoms with Crippen LogP contribution >= 0.6 is 25.3 Å². The lowest BCUT2D eigenvalue weighted by Gasteiger charge is -2.26. The monoisotopic (exact) mass is 542 g/mol. The van der Waals surface area contributed by atoms with Gasteiger partial charge in [-0.1, -0.05) is 26.0 Å². The molecule has 196 valence electrons. The lowest BCUT2D eigenvalue weighted by atomic mass is 10.0. The Morgan fingerprint density at radius 2 is 1.92 bits per heavy atom. The van der Waals surface area contributed by atoms with Gasteiger partial charge in [0.1, 0.15) is 24.5 Å². The predicted molar refractivity (Wildman–Crippen MR) is 158 cm³/mol. The topological polar surface area (TPSA) is 90.9 Å². The van der Waals surface area contributed by atoms with Gasteiger partial charge in [-0.15, -0.1) is 25.3 Å². The summed E-state index contributed by atoms with van der Waals surface area (Å²) in [5.41, 5.74) is 9.66. The fraction of sp³-hybridized carbons (Fsp3) is 0.259. The highest BCUT2D eigenvalue weighted by molar-refractivity contribution is 7.98. The number of benzene rings is 2. The molecule has 3 aromatic rings. The van der Waals surface area contributed by atoms with Crippen LogP contribution in [0.15, 0.2) is 64.4 Å². The first-order chi connectivity index (χ1) is 17.9. The predicted octanol–water partition coefficient (Wildman–Crippen LogP) is 5.43. The van der Waals surface area contributed by atoms with E-state index in [1.54, 1.807) is 60.3 Å². The number of nitrogens with one attached hydrogen (secondary N) is 1. The highest BCUT2D eigenvalue weighted by Gasteiger charge is 2.22. The Morgan fingerprint density at radius 1 is 1.19 bits per heavy atom. The number of ether oxygens (including phenoxy) is 2. The molecule has 4 rings (SSSR count). The van der Waals surface area contributed by atoms with Crippen LogP contribution in [0.3, 0.4) is 0 Å². The van der Waals surface area contributed by atoms with Gasteiger partial charge >= 0.3 is 0 Å². The van der Waals surface area contributed by atoms with Crippen molar-refractivity contribution in [2.24, 2.45) is 4.99 Å². The van der Waals surface area contributed by atoms with Crippen molar-refractivity contribution >= 4 is 49.1 Å². The number of rotatable bonds is 8. The Balaban J connectivity index is 0.00000186. The molecule has 7 nitrogen and oxygen atoms in total. The molecule has 1 aromatic heterocycles. The second kappa shape index (κ2) is 13.4. The first-order valence-electron chi connectivity index (χ1n) is 11.8. The number of aliphatic imine (C=N–C) groups is 1. The van der Waals surface area contributed by atoms with Gasteiger partial charge in [0.05, 0.1) is 12.3 Å². The van der Waals surface area contributed by atoms with Gasteiger partial charge < -0.3 is 20.5 Å². The molecule has 0 aliphatic carbocycles. The van der Waals surface area contributed by atoms with Gasteiger partial charge in [0.15, 0.2) is 4.77 Å². The molecule has 0 saturated carbocycles. The highest BCUT2D eigenvalue weighted by atomic mass is 32.2. The number of hydrogen-bond acceptors (Lipinski definition) is 8. The van der Waals surface area contributed by atoms with E-state index in [1.807, 2.05) is 32.1 Å². The summed E-state index contributed by atoms with van der Waals surface area (Å²) >= 11 is 8.24. The fourth-order valence-electron chi connectivity index (χ4n) is 3.80. The first-order valence-corrected chi connectivity index (χ1v) is 12.8. The maximum atomic E-state index is 13.9. The maximum absolute atomic E-state index is 13.9. The number of pyridine rings is 1. The average Bonchev–Trinajstić information content (AvgIpc) is 2.90. The number of aromatic nitrogens is 1. The van der Waals surface area contributed by atoms with Crippen molar-refractivity contribution in [2.75, 3.05) is 31.4 Å². The van der Waals surface area contributed by atoms with Gasteiger partial charge in [0, 0.05) is 35.6 Å². The number of nitrogens with zero attached hydrogens (tertiary/aromatic N) is 2. The van der Waals surface area contributed by atoms with E-state index in [1.165, 1.54) is 0 Å². The Bertz CT molecular complexity index is 1320. The third-order valence-corrected chi connectivity index (χ3v) is 5.55. The van der Waals surface area contributed by atoms with Crippen molar-refractivity contribution in [2.45, 2.75) is 24.8 Å². The van der Waals surface area contributed by atoms with Crippen LogP contribution in [0.5, 0.6) is 5.75 Å². The normalized spacial score (nSPS) is 14.2. The van der Waals surface area contributed by atoms with Crippen molar-refractivity contribution in [1.29, 1.82) is 0 Å². The van der Waals surface area contributed by atoms with Gasteiger partial charge in [0.2, 0.25) is 0 Å². The minimum atomic E-state index is -0.607. The molecule has 1 aliphatic heterocycles. The summed E-state index contributed by atoms with van der Waals surface area (Å²) in [6.07, 6.45) is 4.71. The summed E-state index contributed by atoms with van der Waals surface area (Å²) in [5, 5.41) is 3.20. The maximum Gasteiger partial charge on any atom is 0.264 e. The van der Waals surface area contributed by atoms with Crippen LogP contribution in [0.1, 0.15) is 25.0 Å². The molecule has 0 saturated heterocycles. The molecule has 1 atom stereocenters. The lowest BCUT2D eigenvalue weighted by Crippen LogP contribution is -2.31. The van der Waals surface area contributed by atoms with Gasteiger partial charge in [0.25, 0.3) is 5.56 Å². The van der Waals surface area contributed by atoms with E-state index >= 15 is 0 Å². The Kier molecular flexibility index (Phi) is 10.2. The second-order valence-electron chi connectivity index (χ2n) is 7.66. The molecule has 0 radical (unpaired) electrons. The number of halogens is 1. The molecule has 2 heterocycles. The van der Waals surface area contributed by atoms with Crippen LogP contribution in [-0.4, -0.2) is 42.1 Å². The molecule has 37 heavy (non-hydrogen) atoms. The van der Waals surface area contributed by atoms with Crippen LogP contribution in [0.4, 0.5) is 15.9 Å². The zero-order valence-corrected chi connectivity index (χ0v) is 22.7. The van der Waals surface area contributed by atoms with E-state index in [0.717, 1.165) is 11.1 Å². The molecule has 0 amide bonds. The molecule has 0 spiro atoms. The summed E-state index contributed by atoms with van der Waals surface area (Å²) in [4.78, 5) is 17.9. The SMILES string of the molecule is CC.CN=Cc1cc(-c2cc3c(n(-c4ccc(OC(S)S)cc4)c2=O)NC(OCCF)C=C3)ccc1N. The smallest absolute Gasteiger partial charge is 0.264 e. The number of anilines is 2. The summed E-state index contributed by atoms with van der Waals surface area (Å²) < 4.78 is 24.6. The summed E-state index contributed by atoms with van der Waals surface area (Å²) in [6, 6.07) is 14.2. The third kappa shape index (κ3) is 6.76. The van der Waals surface area contributed by atoms with E-state index < -0.39 is 17.7 Å². The fourth-order valence-corrected chi connectivity index (χ4v) is 4.04. The first kappa shape index (κ1) is 28.4. The molecule has 1 aliphatic rings. The van der Waals surface area contributed by atoms with Crippen molar-refractivity contribution in [1.82, 2.24) is 4.57 Å². The van der Waals surface area contributed by atoms with E-state index in [4.69, 9.17) is 15.2 Å². The van der Waals surface area contributed by atoms with Crippen LogP contribution in [-0.2, 0) is 4.74 Å². The molecular weight excluding hydrogens is 511 g/mol. The Morgan fingerprint density at radius 3 is 2.57 bits per heavy atom. The Labute approximate surface area is 227 Å². The lowest BCUT2D eigenvalue weighted by molar-refractivity contribution is 0.0900. The van der Waals surface area contributed by atoms with Crippen molar-refractivity contribution in [3.05, 3.63) is 76.1 Å². The van der Waals surface area contributed by atoms with Gasteiger partial charge in [-0.05, 0) is 54.1 Å². The molecule has 3 N–H and O–H groups in total. The van der Waals surface area contributed by atoms with Crippen LogP contribution < -0.4 is 21.3 Å². The largest absolute Gasteiger partial charge is 0.470 e. The average molecular weight is 543 g/mol. The number of hydrogen-bond donors (Lipinski definition) is 4. The third-order valence-electron chi connectivity index (χ3n) is 5.34. The number of alkyl halides is 1. The molecule has 10 heteroatoms. The summed E-state index contributed by atoms with van der Waals surface area (Å²) in [5.74, 6) is 1.09. The minimum Gasteiger partial charge on any atom is -0.470 e. The zero-order valence-electron chi connectivity index (χ0n) is 20.9. The van der Waals surface area contributed by atoms with Crippen molar-refractivity contribution < 1.29 is 13.9 Å². The van der Waals surface area contributed by atoms with Gasteiger partial charge in [-0.25, -0.2) is 4.39 Å². The van der Waals surface area contributed by atoms with E-state index in [-0.39, 0.29) is 12.2 Å². The van der Waals surface area contributed by atoms with E-state index in [9.17, 15) is 9.18 Å². The van der Waals surface area contributed by atoms with Crippen LogP contribution in [0.2, 0.25) is 0 Å². The standard InChI is InChI=1S/C25H25FN4O3S2.C2H6/c1-28-14-17-12-15(2-8-21(17)27)20-13-16-3-9-22(32-11-10-26)29-23(16)30(24(20)31)18-4-6-19(7-5-18)33-25(34)35;1-2/h2-9,12-14,22,25,29,34-35H,10-11,27H2,1H3;1-2H3. The summed E-state index contributed by atoms with van der Waals surface area (Å²) in [6.45, 7) is 3.33. The number of nitrogen functional groups attached to an aromatic ring is 1. The van der Waals surface area contributed by atoms with Crippen molar-refractivity contribution in [3.63, 3.8) is 0 Å². The van der Waals surface area contributed by atoms with E-state index in [0.29, 0.717) is 34.1 Å². The van der Waals surface area contributed by atoms with Crippen LogP contribution in [0, 0.1) is 0 Å². The number of thiol groups is 2. The molecule has 0 fully saturated rings. The Hall–Kier alpha value is -3.21. The van der Waals surface area contributed by atoms with Gasteiger partial charge in [-0.3, -0.25) is 14.4 Å². The van der Waals surface area contributed by atoms with Crippen LogP contribution in [0.25, 0.3) is 22.9 Å².